The fourth-order valence-corrected chi connectivity index (χ4v) is 2.66. The molecule has 0 bridgehead atoms. The van der Waals surface area contributed by atoms with Crippen LogP contribution in [0.2, 0.25) is 0 Å². The Hall–Kier alpha value is -0.940. The fraction of sp³-hybridized carbons (Fsp3) is 0.600. The van der Waals surface area contributed by atoms with Gasteiger partial charge in [-0.15, -0.1) is 0 Å². The van der Waals surface area contributed by atoms with E-state index in [9.17, 15) is 4.79 Å². The van der Waals surface area contributed by atoms with Gasteiger partial charge >= 0.3 is 0 Å². The monoisotopic (exact) mass is 226 g/mol. The molecule has 0 amide bonds. The molecule has 1 aromatic rings. The molecule has 0 radical (unpaired) electrons. The van der Waals surface area contributed by atoms with Crippen molar-refractivity contribution >= 4 is 22.8 Å². The standard InChI is InChI=1S/C10H14N2O2S/c1-14-7-8-9(6-13)15-10(11-8)12-4-2-3-5-12/h6H,2-5,7H2,1H3. The first-order chi connectivity index (χ1) is 7.35. The van der Waals surface area contributed by atoms with Crippen LogP contribution in [0.1, 0.15) is 28.2 Å². The minimum Gasteiger partial charge on any atom is -0.378 e. The highest BCUT2D eigenvalue weighted by Crippen LogP contribution is 2.28. The summed E-state index contributed by atoms with van der Waals surface area (Å²) in [7, 11) is 1.61. The van der Waals surface area contributed by atoms with Crippen molar-refractivity contribution in [3.63, 3.8) is 0 Å². The van der Waals surface area contributed by atoms with Crippen molar-refractivity contribution in [2.45, 2.75) is 19.4 Å². The van der Waals surface area contributed by atoms with Gasteiger partial charge in [-0.05, 0) is 12.8 Å². The zero-order valence-electron chi connectivity index (χ0n) is 8.73. The molecule has 0 N–H and O–H groups in total. The van der Waals surface area contributed by atoms with E-state index < -0.39 is 0 Å². The van der Waals surface area contributed by atoms with Gasteiger partial charge in [-0.2, -0.15) is 0 Å². The van der Waals surface area contributed by atoms with Gasteiger partial charge in [0.2, 0.25) is 0 Å². The summed E-state index contributed by atoms with van der Waals surface area (Å²) in [6, 6.07) is 0. The molecule has 4 nitrogen and oxygen atoms in total. The van der Waals surface area contributed by atoms with Crippen molar-refractivity contribution in [3.05, 3.63) is 10.6 Å². The Bertz CT molecular complexity index is 345. The van der Waals surface area contributed by atoms with Crippen LogP contribution in [-0.4, -0.2) is 31.5 Å². The number of carbonyl (C=O) groups is 1. The normalized spacial score (nSPS) is 15.9. The Morgan fingerprint density at radius 3 is 2.87 bits per heavy atom. The summed E-state index contributed by atoms with van der Waals surface area (Å²) in [5, 5.41) is 0.960. The summed E-state index contributed by atoms with van der Waals surface area (Å²) in [6.07, 6.45) is 3.30. The maximum Gasteiger partial charge on any atom is 0.186 e. The molecule has 0 spiro atoms. The van der Waals surface area contributed by atoms with E-state index in [0.29, 0.717) is 11.5 Å². The quantitative estimate of drug-likeness (QED) is 0.733. The number of hydrogen-bond donors (Lipinski definition) is 0. The Morgan fingerprint density at radius 1 is 1.53 bits per heavy atom. The number of methoxy groups -OCH3 is 1. The summed E-state index contributed by atoms with van der Waals surface area (Å²) >= 11 is 1.46. The van der Waals surface area contributed by atoms with E-state index in [1.54, 1.807) is 7.11 Å². The highest BCUT2D eigenvalue weighted by molar-refractivity contribution is 7.17. The van der Waals surface area contributed by atoms with Crippen molar-refractivity contribution in [2.24, 2.45) is 0 Å². The largest absolute Gasteiger partial charge is 0.378 e. The second kappa shape index (κ2) is 4.72. The van der Waals surface area contributed by atoms with E-state index in [0.717, 1.165) is 30.2 Å². The van der Waals surface area contributed by atoms with Crippen LogP contribution in [0.15, 0.2) is 0 Å². The van der Waals surface area contributed by atoms with Crippen LogP contribution in [-0.2, 0) is 11.3 Å². The van der Waals surface area contributed by atoms with E-state index in [4.69, 9.17) is 4.74 Å². The lowest BCUT2D eigenvalue weighted by Gasteiger charge is -2.12. The Kier molecular flexibility index (Phi) is 3.33. The Balaban J connectivity index is 2.21. The molecule has 5 heteroatoms. The van der Waals surface area contributed by atoms with Gasteiger partial charge in [0.15, 0.2) is 11.4 Å². The second-order valence-electron chi connectivity index (χ2n) is 3.55. The fourth-order valence-electron chi connectivity index (χ4n) is 1.73. The molecule has 0 atom stereocenters. The number of aromatic nitrogens is 1. The third kappa shape index (κ3) is 2.18. The van der Waals surface area contributed by atoms with Crippen LogP contribution in [0.25, 0.3) is 0 Å². The number of hydrogen-bond acceptors (Lipinski definition) is 5. The summed E-state index contributed by atoms with van der Waals surface area (Å²) in [5.74, 6) is 0. The molecular weight excluding hydrogens is 212 g/mol. The third-order valence-electron chi connectivity index (χ3n) is 2.48. The lowest BCUT2D eigenvalue weighted by atomic mass is 10.4. The molecule has 0 aromatic carbocycles. The Labute approximate surface area is 92.9 Å². The highest BCUT2D eigenvalue weighted by Gasteiger charge is 2.18. The number of anilines is 1. The molecule has 1 aliphatic heterocycles. The molecule has 0 aliphatic carbocycles. The second-order valence-corrected chi connectivity index (χ2v) is 4.56. The zero-order valence-corrected chi connectivity index (χ0v) is 9.55. The maximum absolute atomic E-state index is 10.8. The van der Waals surface area contributed by atoms with Crippen molar-refractivity contribution in [3.8, 4) is 0 Å². The number of ether oxygens (including phenoxy) is 1. The lowest BCUT2D eigenvalue weighted by molar-refractivity contribution is 0.112. The summed E-state index contributed by atoms with van der Waals surface area (Å²) < 4.78 is 5.01. The summed E-state index contributed by atoms with van der Waals surface area (Å²) in [4.78, 5) is 18.2. The van der Waals surface area contributed by atoms with Crippen molar-refractivity contribution in [1.29, 1.82) is 0 Å². The third-order valence-corrected chi connectivity index (χ3v) is 3.56. The average Bonchev–Trinajstić information content (AvgIpc) is 2.84. The van der Waals surface area contributed by atoms with Crippen LogP contribution in [0.4, 0.5) is 5.13 Å². The molecule has 1 aromatic heterocycles. The molecule has 1 saturated heterocycles. The van der Waals surface area contributed by atoms with E-state index in [-0.39, 0.29) is 0 Å². The molecule has 1 aliphatic rings. The average molecular weight is 226 g/mol. The van der Waals surface area contributed by atoms with Crippen molar-refractivity contribution in [2.75, 3.05) is 25.1 Å². The zero-order chi connectivity index (χ0) is 10.7. The number of aldehydes is 1. The molecule has 0 unspecified atom stereocenters. The van der Waals surface area contributed by atoms with Crippen LogP contribution in [0.5, 0.6) is 0 Å². The number of nitrogens with zero attached hydrogens (tertiary/aromatic N) is 2. The van der Waals surface area contributed by atoms with Gasteiger partial charge in [-0.25, -0.2) is 4.98 Å². The van der Waals surface area contributed by atoms with Gasteiger partial charge in [-0.1, -0.05) is 11.3 Å². The summed E-state index contributed by atoms with van der Waals surface area (Å²) in [6.45, 7) is 2.52. The first-order valence-electron chi connectivity index (χ1n) is 5.04. The van der Waals surface area contributed by atoms with Gasteiger partial charge in [0, 0.05) is 20.2 Å². The number of thiazole rings is 1. The molecule has 1 fully saturated rings. The molecular formula is C10H14N2O2S. The molecule has 2 rings (SSSR count). The van der Waals surface area contributed by atoms with Crippen molar-refractivity contribution < 1.29 is 9.53 Å². The van der Waals surface area contributed by atoms with E-state index in [1.165, 1.54) is 24.2 Å². The number of rotatable bonds is 4. The SMILES string of the molecule is COCc1nc(N2CCCC2)sc1C=O. The van der Waals surface area contributed by atoms with Crippen LogP contribution >= 0.6 is 11.3 Å². The van der Waals surface area contributed by atoms with E-state index in [1.807, 2.05) is 0 Å². The number of carbonyl (C=O) groups excluding carboxylic acids is 1. The first-order valence-corrected chi connectivity index (χ1v) is 5.85. The lowest BCUT2D eigenvalue weighted by Crippen LogP contribution is -2.17. The topological polar surface area (TPSA) is 42.4 Å². The predicted molar refractivity (Wildman–Crippen MR) is 59.7 cm³/mol. The van der Waals surface area contributed by atoms with Crippen LogP contribution in [0, 0.1) is 0 Å². The molecule has 0 saturated carbocycles. The maximum atomic E-state index is 10.8. The van der Waals surface area contributed by atoms with Gasteiger partial charge in [0.1, 0.15) is 0 Å². The molecule has 2 heterocycles. The highest BCUT2D eigenvalue weighted by atomic mass is 32.1. The van der Waals surface area contributed by atoms with Gasteiger partial charge in [0.05, 0.1) is 17.2 Å². The van der Waals surface area contributed by atoms with Crippen molar-refractivity contribution in [1.82, 2.24) is 4.98 Å². The van der Waals surface area contributed by atoms with Gasteiger partial charge < -0.3 is 9.64 Å². The van der Waals surface area contributed by atoms with E-state index >= 15 is 0 Å². The van der Waals surface area contributed by atoms with Gasteiger partial charge in [-0.3, -0.25) is 4.79 Å². The Morgan fingerprint density at radius 2 is 2.27 bits per heavy atom. The minimum atomic E-state index is 0.415. The van der Waals surface area contributed by atoms with E-state index in [2.05, 4.69) is 9.88 Å². The summed E-state index contributed by atoms with van der Waals surface area (Å²) in [5.41, 5.74) is 0.763. The van der Waals surface area contributed by atoms with Gasteiger partial charge in [0.25, 0.3) is 0 Å². The first kappa shape index (κ1) is 10.6. The molecule has 82 valence electrons. The smallest absolute Gasteiger partial charge is 0.186 e. The van der Waals surface area contributed by atoms with Crippen LogP contribution < -0.4 is 4.90 Å². The predicted octanol–water partition coefficient (Wildman–Crippen LogP) is 1.70. The molecule has 15 heavy (non-hydrogen) atoms. The van der Waals surface area contributed by atoms with Crippen LogP contribution in [0.3, 0.4) is 0 Å². The minimum absolute atomic E-state index is 0.415.